The van der Waals surface area contributed by atoms with Crippen LogP contribution in [0, 0.1) is 0 Å². The highest BCUT2D eigenvalue weighted by molar-refractivity contribution is 5.87. The van der Waals surface area contributed by atoms with Gasteiger partial charge in [0.05, 0.1) is 0 Å². The van der Waals surface area contributed by atoms with Gasteiger partial charge in [0.1, 0.15) is 0 Å². The molecule has 0 bridgehead atoms. The first kappa shape index (κ1) is 12.2. The molecule has 0 aromatic carbocycles. The van der Waals surface area contributed by atoms with E-state index >= 15 is 0 Å². The van der Waals surface area contributed by atoms with Crippen molar-refractivity contribution in [2.75, 3.05) is 19.6 Å². The number of hydrogen-bond acceptors (Lipinski definition) is 2. The number of nitrogens with zero attached hydrogens (tertiary/aromatic N) is 2. The summed E-state index contributed by atoms with van der Waals surface area (Å²) in [7, 11) is 0. The number of rotatable bonds is 3. The Morgan fingerprint density at radius 2 is 2.27 bits per heavy atom. The van der Waals surface area contributed by atoms with Crippen LogP contribution in [-0.2, 0) is 4.79 Å². The molecule has 2 atom stereocenters. The van der Waals surface area contributed by atoms with Crippen LogP contribution in [-0.4, -0.2) is 47.4 Å². The molecule has 86 valence electrons. The standard InChI is InChI=1S/C12H22N2O/c1-5-10(3)13-7-8-14(11(4)9-13)12(15)6-2/h6,10-11H,2,5,7-9H2,1,3-4H3/t10-,11?/m0/s1. The normalized spacial score (nSPS) is 25.0. The summed E-state index contributed by atoms with van der Waals surface area (Å²) in [5, 5.41) is 0. The van der Waals surface area contributed by atoms with Crippen LogP contribution < -0.4 is 0 Å². The van der Waals surface area contributed by atoms with E-state index in [2.05, 4.69) is 32.3 Å². The molecular formula is C12H22N2O. The fraction of sp³-hybridized carbons (Fsp3) is 0.750. The zero-order valence-corrected chi connectivity index (χ0v) is 10.1. The van der Waals surface area contributed by atoms with E-state index in [-0.39, 0.29) is 5.91 Å². The van der Waals surface area contributed by atoms with E-state index < -0.39 is 0 Å². The highest BCUT2D eigenvalue weighted by atomic mass is 16.2. The Kier molecular flexibility index (Phi) is 4.33. The molecule has 0 spiro atoms. The molecule has 1 saturated heterocycles. The van der Waals surface area contributed by atoms with Crippen molar-refractivity contribution in [3.63, 3.8) is 0 Å². The molecule has 1 aliphatic rings. The zero-order chi connectivity index (χ0) is 11.4. The van der Waals surface area contributed by atoms with Gasteiger partial charge in [-0.15, -0.1) is 0 Å². The quantitative estimate of drug-likeness (QED) is 0.659. The van der Waals surface area contributed by atoms with Crippen molar-refractivity contribution in [2.24, 2.45) is 0 Å². The molecule has 0 N–H and O–H groups in total. The topological polar surface area (TPSA) is 23.6 Å². The van der Waals surface area contributed by atoms with E-state index in [1.54, 1.807) is 0 Å². The first-order valence-electron chi connectivity index (χ1n) is 5.77. The van der Waals surface area contributed by atoms with Gasteiger partial charge < -0.3 is 4.90 Å². The summed E-state index contributed by atoms with van der Waals surface area (Å²) in [5.41, 5.74) is 0. The SMILES string of the molecule is C=CC(=O)N1CCN([C@@H](C)CC)CC1C. The largest absolute Gasteiger partial charge is 0.334 e. The maximum atomic E-state index is 11.5. The van der Waals surface area contributed by atoms with E-state index in [1.807, 2.05) is 4.90 Å². The van der Waals surface area contributed by atoms with Crippen molar-refractivity contribution in [1.82, 2.24) is 9.80 Å². The molecule has 1 fully saturated rings. The van der Waals surface area contributed by atoms with Crippen LogP contribution in [0.4, 0.5) is 0 Å². The number of hydrogen-bond donors (Lipinski definition) is 0. The minimum Gasteiger partial charge on any atom is -0.334 e. The summed E-state index contributed by atoms with van der Waals surface area (Å²) >= 11 is 0. The van der Waals surface area contributed by atoms with E-state index in [0.717, 1.165) is 19.6 Å². The van der Waals surface area contributed by atoms with Gasteiger partial charge in [-0.25, -0.2) is 0 Å². The van der Waals surface area contributed by atoms with Gasteiger partial charge in [0.2, 0.25) is 5.91 Å². The van der Waals surface area contributed by atoms with E-state index in [9.17, 15) is 4.79 Å². The minimum atomic E-state index is 0.0614. The monoisotopic (exact) mass is 210 g/mol. The fourth-order valence-electron chi connectivity index (χ4n) is 2.09. The Balaban J connectivity index is 2.54. The Morgan fingerprint density at radius 3 is 2.73 bits per heavy atom. The second-order valence-electron chi connectivity index (χ2n) is 4.34. The molecular weight excluding hydrogens is 188 g/mol. The molecule has 3 nitrogen and oxygen atoms in total. The molecule has 1 heterocycles. The van der Waals surface area contributed by atoms with Gasteiger partial charge in [0, 0.05) is 31.7 Å². The van der Waals surface area contributed by atoms with Crippen LogP contribution >= 0.6 is 0 Å². The molecule has 3 heteroatoms. The Labute approximate surface area is 92.7 Å². The summed E-state index contributed by atoms with van der Waals surface area (Å²) in [5.74, 6) is 0.0614. The second-order valence-corrected chi connectivity index (χ2v) is 4.34. The highest BCUT2D eigenvalue weighted by Gasteiger charge is 2.27. The molecule has 1 aliphatic heterocycles. The lowest BCUT2D eigenvalue weighted by atomic mass is 10.1. The summed E-state index contributed by atoms with van der Waals surface area (Å²) in [4.78, 5) is 15.9. The summed E-state index contributed by atoms with van der Waals surface area (Å²) < 4.78 is 0. The predicted molar refractivity (Wildman–Crippen MR) is 62.7 cm³/mol. The highest BCUT2D eigenvalue weighted by Crippen LogP contribution is 2.14. The second kappa shape index (κ2) is 5.31. The van der Waals surface area contributed by atoms with Crippen LogP contribution in [0.2, 0.25) is 0 Å². The van der Waals surface area contributed by atoms with Crippen molar-refractivity contribution in [3.05, 3.63) is 12.7 Å². The molecule has 0 saturated carbocycles. The molecule has 15 heavy (non-hydrogen) atoms. The van der Waals surface area contributed by atoms with Crippen LogP contribution in [0.25, 0.3) is 0 Å². The van der Waals surface area contributed by atoms with Crippen molar-refractivity contribution in [2.45, 2.75) is 39.3 Å². The summed E-state index contributed by atoms with van der Waals surface area (Å²) in [6, 6.07) is 0.923. The third-order valence-electron chi connectivity index (χ3n) is 3.33. The summed E-state index contributed by atoms with van der Waals surface area (Å²) in [6.07, 6.45) is 2.58. The average Bonchev–Trinajstić information content (AvgIpc) is 2.26. The lowest BCUT2D eigenvalue weighted by Gasteiger charge is -2.41. The van der Waals surface area contributed by atoms with E-state index in [4.69, 9.17) is 0 Å². The molecule has 0 aromatic rings. The fourth-order valence-corrected chi connectivity index (χ4v) is 2.09. The first-order valence-corrected chi connectivity index (χ1v) is 5.77. The van der Waals surface area contributed by atoms with Gasteiger partial charge in [-0.3, -0.25) is 9.69 Å². The average molecular weight is 210 g/mol. The van der Waals surface area contributed by atoms with Gasteiger partial charge in [0.25, 0.3) is 0 Å². The van der Waals surface area contributed by atoms with Gasteiger partial charge in [-0.2, -0.15) is 0 Å². The maximum absolute atomic E-state index is 11.5. The van der Waals surface area contributed by atoms with Crippen molar-refractivity contribution in [3.8, 4) is 0 Å². The maximum Gasteiger partial charge on any atom is 0.246 e. The van der Waals surface area contributed by atoms with Crippen LogP contribution in [0.5, 0.6) is 0 Å². The van der Waals surface area contributed by atoms with Gasteiger partial charge in [0.15, 0.2) is 0 Å². The Hall–Kier alpha value is -0.830. The minimum absolute atomic E-state index is 0.0614. The number of carbonyl (C=O) groups excluding carboxylic acids is 1. The lowest BCUT2D eigenvalue weighted by Crippen LogP contribution is -2.55. The summed E-state index contributed by atoms with van der Waals surface area (Å²) in [6.45, 7) is 12.9. The van der Waals surface area contributed by atoms with Gasteiger partial charge in [-0.05, 0) is 26.3 Å². The molecule has 0 aromatic heterocycles. The van der Waals surface area contributed by atoms with E-state index in [0.29, 0.717) is 12.1 Å². The number of piperazine rings is 1. The molecule has 1 rings (SSSR count). The zero-order valence-electron chi connectivity index (χ0n) is 10.1. The third kappa shape index (κ3) is 2.81. The smallest absolute Gasteiger partial charge is 0.246 e. The van der Waals surface area contributed by atoms with Gasteiger partial charge >= 0.3 is 0 Å². The van der Waals surface area contributed by atoms with E-state index in [1.165, 1.54) is 12.5 Å². The van der Waals surface area contributed by atoms with Crippen molar-refractivity contribution in [1.29, 1.82) is 0 Å². The molecule has 0 aliphatic carbocycles. The molecule has 1 unspecified atom stereocenters. The van der Waals surface area contributed by atoms with Crippen LogP contribution in [0.3, 0.4) is 0 Å². The van der Waals surface area contributed by atoms with Crippen LogP contribution in [0.1, 0.15) is 27.2 Å². The van der Waals surface area contributed by atoms with Crippen molar-refractivity contribution >= 4 is 5.91 Å². The Morgan fingerprint density at radius 1 is 1.60 bits per heavy atom. The molecule has 0 radical (unpaired) electrons. The number of amides is 1. The third-order valence-corrected chi connectivity index (χ3v) is 3.33. The first-order chi connectivity index (χ1) is 7.10. The Bertz CT molecular complexity index is 240. The number of carbonyl (C=O) groups is 1. The van der Waals surface area contributed by atoms with Crippen molar-refractivity contribution < 1.29 is 4.79 Å². The predicted octanol–water partition coefficient (Wildman–Crippen LogP) is 1.50. The van der Waals surface area contributed by atoms with Gasteiger partial charge in [-0.1, -0.05) is 13.5 Å². The van der Waals surface area contributed by atoms with Crippen LogP contribution in [0.15, 0.2) is 12.7 Å². The molecule has 1 amide bonds. The lowest BCUT2D eigenvalue weighted by molar-refractivity contribution is -0.130.